The molecule has 5 nitrogen and oxygen atoms in total. The molecule has 0 aliphatic heterocycles. The fraction of sp³-hybridized carbons (Fsp3) is 0. The van der Waals surface area contributed by atoms with E-state index in [1.54, 1.807) is 0 Å². The molecule has 0 atom stereocenters. The zero-order valence-electron chi connectivity index (χ0n) is 10.5. The van der Waals surface area contributed by atoms with Crippen LogP contribution in [0.15, 0.2) is 50.3 Å². The van der Waals surface area contributed by atoms with Crippen LogP contribution in [0.3, 0.4) is 0 Å². The molecule has 0 saturated carbocycles. The second kappa shape index (κ2) is 4.82. The van der Waals surface area contributed by atoms with Crippen LogP contribution in [0.5, 0.6) is 17.2 Å². The van der Waals surface area contributed by atoms with Crippen molar-refractivity contribution >= 4 is 26.9 Å². The Labute approximate surface area is 126 Å². The van der Waals surface area contributed by atoms with Crippen molar-refractivity contribution in [2.24, 2.45) is 0 Å². The van der Waals surface area contributed by atoms with E-state index in [1.807, 2.05) is 0 Å². The summed E-state index contributed by atoms with van der Waals surface area (Å²) >= 11 is 3.10. The van der Waals surface area contributed by atoms with E-state index in [4.69, 9.17) is 4.42 Å². The highest BCUT2D eigenvalue weighted by Gasteiger charge is 2.16. The lowest BCUT2D eigenvalue weighted by Crippen LogP contribution is -2.04. The molecule has 0 unspecified atom stereocenters. The standard InChI is InChI=1S/C15H9BrO5/c16-12-4-8(18)3-10(15(12)20)11-6-21-13-5-7(17)1-2-9(13)14(11)19/h1-6,17-18,20H. The smallest absolute Gasteiger partial charge is 0.200 e. The van der Waals surface area contributed by atoms with E-state index in [0.29, 0.717) is 0 Å². The van der Waals surface area contributed by atoms with Gasteiger partial charge in [-0.25, -0.2) is 0 Å². The summed E-state index contributed by atoms with van der Waals surface area (Å²) < 4.78 is 5.59. The fourth-order valence-electron chi connectivity index (χ4n) is 2.09. The normalized spacial score (nSPS) is 10.9. The lowest BCUT2D eigenvalue weighted by atomic mass is 10.0. The quantitative estimate of drug-likeness (QED) is 0.586. The number of aromatic hydroxyl groups is 3. The summed E-state index contributed by atoms with van der Waals surface area (Å²) in [6.07, 6.45) is 1.19. The van der Waals surface area contributed by atoms with E-state index in [2.05, 4.69) is 15.9 Å². The number of benzene rings is 2. The summed E-state index contributed by atoms with van der Waals surface area (Å²) in [5.74, 6) is -0.278. The predicted octanol–water partition coefficient (Wildman–Crippen LogP) is 3.34. The third-order valence-corrected chi connectivity index (χ3v) is 3.70. The van der Waals surface area contributed by atoms with Crippen LogP contribution < -0.4 is 5.43 Å². The lowest BCUT2D eigenvalue weighted by molar-refractivity contribution is 0.459. The maximum absolute atomic E-state index is 12.5. The largest absolute Gasteiger partial charge is 0.508 e. The molecule has 3 rings (SSSR count). The molecular formula is C15H9BrO5. The number of phenols is 3. The van der Waals surface area contributed by atoms with Gasteiger partial charge < -0.3 is 19.7 Å². The molecule has 3 aromatic rings. The Morgan fingerprint density at radius 2 is 1.71 bits per heavy atom. The third-order valence-electron chi connectivity index (χ3n) is 3.10. The number of rotatable bonds is 1. The van der Waals surface area contributed by atoms with E-state index in [9.17, 15) is 20.1 Å². The summed E-state index contributed by atoms with van der Waals surface area (Å²) in [6, 6.07) is 6.74. The van der Waals surface area contributed by atoms with Gasteiger partial charge in [-0.3, -0.25) is 4.79 Å². The van der Waals surface area contributed by atoms with Crippen LogP contribution in [-0.2, 0) is 0 Å². The molecule has 1 aromatic heterocycles. The summed E-state index contributed by atoms with van der Waals surface area (Å²) in [6.45, 7) is 0. The van der Waals surface area contributed by atoms with Gasteiger partial charge in [-0.1, -0.05) is 0 Å². The van der Waals surface area contributed by atoms with Crippen LogP contribution in [0, 0.1) is 0 Å². The first-order valence-electron chi connectivity index (χ1n) is 5.94. The molecule has 6 heteroatoms. The SMILES string of the molecule is O=c1c(-c2cc(O)cc(Br)c2O)coc2cc(O)ccc12. The first kappa shape index (κ1) is 13.5. The van der Waals surface area contributed by atoms with Gasteiger partial charge in [0.2, 0.25) is 5.43 Å². The molecule has 106 valence electrons. The minimum absolute atomic E-state index is 0.0126. The Hall–Kier alpha value is -2.47. The van der Waals surface area contributed by atoms with Crippen molar-refractivity contribution in [2.75, 3.05) is 0 Å². The molecule has 0 fully saturated rings. The minimum atomic E-state index is -0.371. The van der Waals surface area contributed by atoms with Gasteiger partial charge in [-0.05, 0) is 40.2 Å². The molecule has 3 N–H and O–H groups in total. The van der Waals surface area contributed by atoms with E-state index in [0.717, 1.165) is 0 Å². The molecule has 21 heavy (non-hydrogen) atoms. The molecule has 2 aromatic carbocycles. The zero-order valence-corrected chi connectivity index (χ0v) is 12.1. The maximum Gasteiger partial charge on any atom is 0.200 e. The Kier molecular flexibility index (Phi) is 3.10. The number of fused-ring (bicyclic) bond motifs is 1. The van der Waals surface area contributed by atoms with E-state index in [-0.39, 0.29) is 49.2 Å². The molecule has 0 aliphatic rings. The highest BCUT2D eigenvalue weighted by atomic mass is 79.9. The van der Waals surface area contributed by atoms with E-state index in [1.165, 1.54) is 36.6 Å². The average Bonchev–Trinajstić information content (AvgIpc) is 2.43. The van der Waals surface area contributed by atoms with Gasteiger partial charge in [-0.15, -0.1) is 0 Å². The molecule has 0 saturated heterocycles. The van der Waals surface area contributed by atoms with Crippen molar-refractivity contribution in [3.05, 3.63) is 51.3 Å². The topological polar surface area (TPSA) is 90.9 Å². The van der Waals surface area contributed by atoms with Crippen LogP contribution in [0.1, 0.15) is 0 Å². The van der Waals surface area contributed by atoms with Gasteiger partial charge in [0, 0.05) is 11.6 Å². The monoisotopic (exact) mass is 348 g/mol. The molecule has 0 amide bonds. The summed E-state index contributed by atoms with van der Waals surface area (Å²) in [7, 11) is 0. The molecule has 0 aliphatic carbocycles. The lowest BCUT2D eigenvalue weighted by Gasteiger charge is -2.07. The number of halogens is 1. The summed E-state index contributed by atoms with van der Waals surface area (Å²) in [5.41, 5.74) is 0.138. The van der Waals surface area contributed by atoms with E-state index < -0.39 is 0 Å². The van der Waals surface area contributed by atoms with Crippen LogP contribution >= 0.6 is 15.9 Å². The van der Waals surface area contributed by atoms with Gasteiger partial charge in [0.15, 0.2) is 0 Å². The van der Waals surface area contributed by atoms with Crippen molar-refractivity contribution in [2.45, 2.75) is 0 Å². The summed E-state index contributed by atoms with van der Waals surface area (Å²) in [5, 5.41) is 29.3. The minimum Gasteiger partial charge on any atom is -0.508 e. The van der Waals surface area contributed by atoms with E-state index >= 15 is 0 Å². The highest BCUT2D eigenvalue weighted by molar-refractivity contribution is 9.10. The first-order valence-corrected chi connectivity index (χ1v) is 6.73. The van der Waals surface area contributed by atoms with Gasteiger partial charge >= 0.3 is 0 Å². The molecule has 0 spiro atoms. The average molecular weight is 349 g/mol. The Morgan fingerprint density at radius 1 is 0.952 bits per heavy atom. The molecular weight excluding hydrogens is 340 g/mol. The Balaban J connectivity index is 2.34. The van der Waals surface area contributed by atoms with Gasteiger partial charge in [0.25, 0.3) is 0 Å². The van der Waals surface area contributed by atoms with Crippen molar-refractivity contribution in [1.29, 1.82) is 0 Å². The van der Waals surface area contributed by atoms with Gasteiger partial charge in [0.1, 0.15) is 29.1 Å². The van der Waals surface area contributed by atoms with Crippen molar-refractivity contribution < 1.29 is 19.7 Å². The molecule has 1 heterocycles. The van der Waals surface area contributed by atoms with Crippen molar-refractivity contribution in [1.82, 2.24) is 0 Å². The van der Waals surface area contributed by atoms with Crippen LogP contribution in [-0.4, -0.2) is 15.3 Å². The van der Waals surface area contributed by atoms with Gasteiger partial charge in [-0.2, -0.15) is 0 Å². The Morgan fingerprint density at radius 3 is 2.48 bits per heavy atom. The molecule has 0 radical (unpaired) electrons. The second-order valence-electron chi connectivity index (χ2n) is 4.48. The number of phenolic OH excluding ortho intramolecular Hbond substituents is 3. The highest BCUT2D eigenvalue weighted by Crippen LogP contribution is 2.38. The fourth-order valence-corrected chi connectivity index (χ4v) is 2.54. The second-order valence-corrected chi connectivity index (χ2v) is 5.34. The number of hydrogen-bond donors (Lipinski definition) is 3. The Bertz CT molecular complexity index is 914. The molecule has 0 bridgehead atoms. The maximum atomic E-state index is 12.5. The summed E-state index contributed by atoms with van der Waals surface area (Å²) in [4.78, 5) is 12.5. The number of hydrogen-bond acceptors (Lipinski definition) is 5. The zero-order chi connectivity index (χ0) is 15.1. The first-order chi connectivity index (χ1) is 9.97. The van der Waals surface area contributed by atoms with Crippen LogP contribution in [0.25, 0.3) is 22.1 Å². The van der Waals surface area contributed by atoms with Crippen LogP contribution in [0.4, 0.5) is 0 Å². The van der Waals surface area contributed by atoms with Crippen molar-refractivity contribution in [3.63, 3.8) is 0 Å². The van der Waals surface area contributed by atoms with Crippen molar-refractivity contribution in [3.8, 4) is 28.4 Å². The van der Waals surface area contributed by atoms with Crippen LogP contribution in [0.2, 0.25) is 0 Å². The van der Waals surface area contributed by atoms with Gasteiger partial charge in [0.05, 0.1) is 15.4 Å². The predicted molar refractivity (Wildman–Crippen MR) is 80.6 cm³/mol. The third kappa shape index (κ3) is 2.23.